The molecule has 0 unspecified atom stereocenters. The minimum absolute atomic E-state index is 0.219. The maximum Gasteiger partial charge on any atom is 0.227 e. The lowest BCUT2D eigenvalue weighted by atomic mass is 10.2. The smallest absolute Gasteiger partial charge is 0.227 e. The summed E-state index contributed by atoms with van der Waals surface area (Å²) >= 11 is 1.67. The van der Waals surface area contributed by atoms with Gasteiger partial charge in [0.25, 0.3) is 0 Å². The third kappa shape index (κ3) is 3.35. The lowest BCUT2D eigenvalue weighted by molar-refractivity contribution is -0.128. The van der Waals surface area contributed by atoms with Gasteiger partial charge in [0.2, 0.25) is 5.91 Å². The fourth-order valence-corrected chi connectivity index (χ4v) is 2.31. The van der Waals surface area contributed by atoms with E-state index >= 15 is 0 Å². The molecule has 0 aromatic rings. The molecule has 1 rings (SSSR count). The Hall–Kier alpha value is -0.480. The molecule has 1 fully saturated rings. The molecule has 14 heavy (non-hydrogen) atoms. The molecule has 1 aliphatic heterocycles. The lowest BCUT2D eigenvalue weighted by Gasteiger charge is -2.15. The second-order valence-corrected chi connectivity index (χ2v) is 4.56. The van der Waals surface area contributed by atoms with Gasteiger partial charge in [0.15, 0.2) is 0 Å². The highest BCUT2D eigenvalue weighted by molar-refractivity contribution is 8.03. The predicted octanol–water partition coefficient (Wildman–Crippen LogP) is 1.55. The van der Waals surface area contributed by atoms with E-state index in [-0.39, 0.29) is 5.91 Å². The Bertz CT molecular complexity index is 218. The van der Waals surface area contributed by atoms with Crippen LogP contribution in [0.15, 0.2) is 11.6 Å². The SMILES string of the molecule is C=C1SCCN1C(=O)CCCCCN. The largest absolute Gasteiger partial charge is 0.330 e. The molecule has 0 bridgehead atoms. The van der Waals surface area contributed by atoms with Crippen molar-refractivity contribution in [3.05, 3.63) is 11.6 Å². The number of carbonyl (C=O) groups is 1. The number of carbonyl (C=O) groups excluding carboxylic acids is 1. The molecule has 4 heteroatoms. The molecule has 1 amide bonds. The summed E-state index contributed by atoms with van der Waals surface area (Å²) in [5.74, 6) is 1.21. The average molecular weight is 214 g/mol. The van der Waals surface area contributed by atoms with Crippen LogP contribution in [0.1, 0.15) is 25.7 Å². The second-order valence-electron chi connectivity index (χ2n) is 3.39. The van der Waals surface area contributed by atoms with Gasteiger partial charge in [-0.3, -0.25) is 4.79 Å². The van der Waals surface area contributed by atoms with Crippen molar-refractivity contribution in [3.63, 3.8) is 0 Å². The maximum absolute atomic E-state index is 11.6. The van der Waals surface area contributed by atoms with Gasteiger partial charge in [-0.25, -0.2) is 0 Å². The first-order valence-corrected chi connectivity index (χ1v) is 6.06. The highest BCUT2D eigenvalue weighted by Crippen LogP contribution is 2.26. The topological polar surface area (TPSA) is 46.3 Å². The van der Waals surface area contributed by atoms with E-state index in [0.29, 0.717) is 6.42 Å². The normalized spacial score (nSPS) is 16.4. The molecule has 0 spiro atoms. The standard InChI is InChI=1S/C10H18N2OS/c1-9-12(7-8-14-9)10(13)5-3-2-4-6-11/h1-8,11H2. The summed E-state index contributed by atoms with van der Waals surface area (Å²) in [5.41, 5.74) is 5.38. The van der Waals surface area contributed by atoms with Crippen molar-refractivity contribution >= 4 is 17.7 Å². The molecule has 0 aromatic carbocycles. The zero-order valence-corrected chi connectivity index (χ0v) is 9.31. The van der Waals surface area contributed by atoms with Crippen LogP contribution in [0.5, 0.6) is 0 Å². The van der Waals surface area contributed by atoms with Gasteiger partial charge in [-0.05, 0) is 19.4 Å². The molecular weight excluding hydrogens is 196 g/mol. The third-order valence-electron chi connectivity index (χ3n) is 2.28. The first-order chi connectivity index (χ1) is 6.75. The first kappa shape index (κ1) is 11.6. The molecule has 0 aliphatic carbocycles. The van der Waals surface area contributed by atoms with Gasteiger partial charge in [0, 0.05) is 18.7 Å². The molecular formula is C10H18N2OS. The van der Waals surface area contributed by atoms with Gasteiger partial charge in [-0.1, -0.05) is 13.0 Å². The van der Waals surface area contributed by atoms with E-state index < -0.39 is 0 Å². The molecule has 3 nitrogen and oxygen atoms in total. The highest BCUT2D eigenvalue weighted by atomic mass is 32.2. The molecule has 0 saturated carbocycles. The lowest BCUT2D eigenvalue weighted by Crippen LogP contribution is -2.25. The molecule has 0 atom stereocenters. The summed E-state index contributed by atoms with van der Waals surface area (Å²) < 4.78 is 0. The summed E-state index contributed by atoms with van der Waals surface area (Å²) in [6, 6.07) is 0. The van der Waals surface area contributed by atoms with E-state index in [1.165, 1.54) is 0 Å². The van der Waals surface area contributed by atoms with Gasteiger partial charge in [-0.15, -0.1) is 11.8 Å². The first-order valence-electron chi connectivity index (χ1n) is 5.08. The van der Waals surface area contributed by atoms with Crippen molar-refractivity contribution in [2.45, 2.75) is 25.7 Å². The van der Waals surface area contributed by atoms with Crippen LogP contribution in [-0.4, -0.2) is 29.6 Å². The van der Waals surface area contributed by atoms with Gasteiger partial charge in [0.05, 0.1) is 5.03 Å². The van der Waals surface area contributed by atoms with E-state index in [1.54, 1.807) is 16.7 Å². The van der Waals surface area contributed by atoms with Gasteiger partial charge in [-0.2, -0.15) is 0 Å². The number of unbranched alkanes of at least 4 members (excludes halogenated alkanes) is 2. The van der Waals surface area contributed by atoms with Crippen LogP contribution < -0.4 is 5.73 Å². The Balaban J connectivity index is 2.18. The molecule has 1 saturated heterocycles. The summed E-state index contributed by atoms with van der Waals surface area (Å²) in [7, 11) is 0. The van der Waals surface area contributed by atoms with Crippen molar-refractivity contribution in [2.24, 2.45) is 5.73 Å². The van der Waals surface area contributed by atoms with Crippen LogP contribution in [0.4, 0.5) is 0 Å². The number of hydrogen-bond donors (Lipinski definition) is 1. The number of hydrogen-bond acceptors (Lipinski definition) is 3. The molecule has 1 aliphatic rings. The third-order valence-corrected chi connectivity index (χ3v) is 3.22. The molecule has 0 aromatic heterocycles. The fourth-order valence-electron chi connectivity index (χ4n) is 1.45. The van der Waals surface area contributed by atoms with Gasteiger partial charge >= 0.3 is 0 Å². The maximum atomic E-state index is 11.6. The monoisotopic (exact) mass is 214 g/mol. The Kier molecular flexibility index (Phi) is 5.04. The Morgan fingerprint density at radius 2 is 2.29 bits per heavy atom. The van der Waals surface area contributed by atoms with E-state index in [2.05, 4.69) is 6.58 Å². The molecule has 1 heterocycles. The fraction of sp³-hybridized carbons (Fsp3) is 0.700. The quantitative estimate of drug-likeness (QED) is 0.706. The van der Waals surface area contributed by atoms with Crippen LogP contribution >= 0.6 is 11.8 Å². The van der Waals surface area contributed by atoms with Crippen LogP contribution in [0.25, 0.3) is 0 Å². The van der Waals surface area contributed by atoms with Crippen molar-refractivity contribution in [2.75, 3.05) is 18.8 Å². The van der Waals surface area contributed by atoms with E-state index in [0.717, 1.165) is 43.1 Å². The second kappa shape index (κ2) is 6.09. The average Bonchev–Trinajstić information content (AvgIpc) is 2.59. The molecule has 2 N–H and O–H groups in total. The van der Waals surface area contributed by atoms with Crippen LogP contribution in [0.2, 0.25) is 0 Å². The van der Waals surface area contributed by atoms with Crippen LogP contribution in [0.3, 0.4) is 0 Å². The van der Waals surface area contributed by atoms with Crippen molar-refractivity contribution in [3.8, 4) is 0 Å². The Labute approximate surface area is 89.7 Å². The van der Waals surface area contributed by atoms with Gasteiger partial charge in [0.1, 0.15) is 0 Å². The van der Waals surface area contributed by atoms with Gasteiger partial charge < -0.3 is 10.6 Å². The summed E-state index contributed by atoms with van der Waals surface area (Å²) in [6.45, 7) is 5.40. The van der Waals surface area contributed by atoms with E-state index in [1.807, 2.05) is 0 Å². The highest BCUT2D eigenvalue weighted by Gasteiger charge is 2.21. The summed E-state index contributed by atoms with van der Waals surface area (Å²) in [4.78, 5) is 13.4. The van der Waals surface area contributed by atoms with Crippen LogP contribution in [0, 0.1) is 0 Å². The zero-order chi connectivity index (χ0) is 10.4. The number of nitrogens with two attached hydrogens (primary N) is 1. The summed E-state index contributed by atoms with van der Waals surface area (Å²) in [5, 5.41) is 0.911. The van der Waals surface area contributed by atoms with Crippen molar-refractivity contribution < 1.29 is 4.79 Å². The van der Waals surface area contributed by atoms with E-state index in [9.17, 15) is 4.79 Å². The number of amides is 1. The molecule has 80 valence electrons. The Morgan fingerprint density at radius 1 is 1.50 bits per heavy atom. The Morgan fingerprint density at radius 3 is 2.86 bits per heavy atom. The minimum atomic E-state index is 0.219. The number of rotatable bonds is 5. The van der Waals surface area contributed by atoms with Crippen molar-refractivity contribution in [1.29, 1.82) is 0 Å². The predicted molar refractivity (Wildman–Crippen MR) is 60.8 cm³/mol. The van der Waals surface area contributed by atoms with E-state index in [4.69, 9.17) is 5.73 Å². The number of thioether (sulfide) groups is 1. The zero-order valence-electron chi connectivity index (χ0n) is 8.50. The van der Waals surface area contributed by atoms with Crippen molar-refractivity contribution in [1.82, 2.24) is 4.90 Å². The molecule has 0 radical (unpaired) electrons. The minimum Gasteiger partial charge on any atom is -0.330 e. The number of nitrogens with zero attached hydrogens (tertiary/aromatic N) is 1. The van der Waals surface area contributed by atoms with Crippen LogP contribution in [-0.2, 0) is 4.79 Å². The summed E-state index contributed by atoms with van der Waals surface area (Å²) in [6.07, 6.45) is 3.66.